The zero-order valence-electron chi connectivity index (χ0n) is 14.9. The lowest BCUT2D eigenvalue weighted by molar-refractivity contribution is -0.135. The summed E-state index contributed by atoms with van der Waals surface area (Å²) >= 11 is 0. The van der Waals surface area contributed by atoms with Gasteiger partial charge in [0.15, 0.2) is 0 Å². The van der Waals surface area contributed by atoms with Crippen LogP contribution in [0.3, 0.4) is 0 Å². The molecule has 0 aromatic heterocycles. The number of halogens is 1. The third-order valence-electron chi connectivity index (χ3n) is 5.22. The minimum absolute atomic E-state index is 0.106. The normalized spacial score (nSPS) is 24.3. The molecule has 0 spiro atoms. The largest absolute Gasteiger partial charge is 0.352 e. The smallest absolute Gasteiger partial charge is 0.325 e. The number of amides is 4. The van der Waals surface area contributed by atoms with Crippen molar-refractivity contribution < 1.29 is 18.8 Å². The lowest BCUT2D eigenvalue weighted by Crippen LogP contribution is -2.45. The second-order valence-corrected chi connectivity index (χ2v) is 7.21. The quantitative estimate of drug-likeness (QED) is 0.639. The SMILES string of the molecule is CC1(c2ccc(F)cc2)NC(=O)N(CC(=O)NC2CCCCCC2)C1=O. The van der Waals surface area contributed by atoms with E-state index in [1.807, 2.05) is 0 Å². The van der Waals surface area contributed by atoms with E-state index in [1.54, 1.807) is 6.92 Å². The van der Waals surface area contributed by atoms with Gasteiger partial charge in [0.2, 0.25) is 5.91 Å². The van der Waals surface area contributed by atoms with E-state index in [4.69, 9.17) is 0 Å². The number of carbonyl (C=O) groups excluding carboxylic acids is 3. The van der Waals surface area contributed by atoms with Crippen LogP contribution >= 0.6 is 0 Å². The van der Waals surface area contributed by atoms with Gasteiger partial charge in [-0.05, 0) is 37.5 Å². The molecule has 1 heterocycles. The van der Waals surface area contributed by atoms with Crippen LogP contribution in [-0.2, 0) is 15.1 Å². The summed E-state index contributed by atoms with van der Waals surface area (Å²) in [4.78, 5) is 38.3. The first-order chi connectivity index (χ1) is 12.4. The molecule has 1 unspecified atom stereocenters. The highest BCUT2D eigenvalue weighted by atomic mass is 19.1. The Balaban J connectivity index is 1.66. The monoisotopic (exact) mass is 361 g/mol. The Hall–Kier alpha value is -2.44. The fourth-order valence-electron chi connectivity index (χ4n) is 3.66. The molecule has 26 heavy (non-hydrogen) atoms. The van der Waals surface area contributed by atoms with Gasteiger partial charge >= 0.3 is 6.03 Å². The molecule has 140 valence electrons. The van der Waals surface area contributed by atoms with Crippen molar-refractivity contribution in [3.05, 3.63) is 35.6 Å². The molecule has 7 heteroatoms. The Morgan fingerprint density at radius 1 is 1.19 bits per heavy atom. The number of nitrogens with one attached hydrogen (secondary N) is 2. The number of nitrogens with zero attached hydrogens (tertiary/aromatic N) is 1. The molecule has 1 aromatic carbocycles. The summed E-state index contributed by atoms with van der Waals surface area (Å²) in [6.07, 6.45) is 6.37. The number of benzene rings is 1. The third-order valence-corrected chi connectivity index (χ3v) is 5.22. The van der Waals surface area contributed by atoms with Crippen molar-refractivity contribution in [1.29, 1.82) is 0 Å². The third kappa shape index (κ3) is 3.71. The Bertz CT molecular complexity index is 698. The van der Waals surface area contributed by atoms with Crippen molar-refractivity contribution in [2.45, 2.75) is 57.0 Å². The van der Waals surface area contributed by atoms with Crippen LogP contribution in [-0.4, -0.2) is 35.3 Å². The molecule has 1 atom stereocenters. The standard InChI is InChI=1S/C19H24FN3O3/c1-19(13-8-10-14(20)11-9-13)17(25)23(18(26)22-19)12-16(24)21-15-6-4-2-3-5-7-15/h8-11,15H,2-7,12H2,1H3,(H,21,24)(H,22,26). The zero-order valence-corrected chi connectivity index (χ0v) is 14.9. The van der Waals surface area contributed by atoms with E-state index in [2.05, 4.69) is 10.6 Å². The number of hydrogen-bond donors (Lipinski definition) is 2. The predicted molar refractivity (Wildman–Crippen MR) is 93.6 cm³/mol. The van der Waals surface area contributed by atoms with Gasteiger partial charge in [0.05, 0.1) is 0 Å². The zero-order chi connectivity index (χ0) is 18.7. The summed E-state index contributed by atoms with van der Waals surface area (Å²) in [5.41, 5.74) is -0.822. The first-order valence-corrected chi connectivity index (χ1v) is 9.09. The van der Waals surface area contributed by atoms with E-state index < -0.39 is 23.3 Å². The van der Waals surface area contributed by atoms with Gasteiger partial charge in [-0.3, -0.25) is 14.5 Å². The predicted octanol–water partition coefficient (Wildman–Crippen LogP) is 2.43. The van der Waals surface area contributed by atoms with E-state index >= 15 is 0 Å². The first-order valence-electron chi connectivity index (χ1n) is 9.09. The minimum atomic E-state index is -1.30. The maximum absolute atomic E-state index is 13.1. The van der Waals surface area contributed by atoms with Gasteiger partial charge in [0.1, 0.15) is 17.9 Å². The highest BCUT2D eigenvalue weighted by molar-refractivity contribution is 6.09. The molecule has 1 saturated heterocycles. The van der Waals surface area contributed by atoms with Crippen LogP contribution in [0.15, 0.2) is 24.3 Å². The number of hydrogen-bond acceptors (Lipinski definition) is 3. The van der Waals surface area contributed by atoms with E-state index in [1.165, 1.54) is 37.1 Å². The summed E-state index contributed by atoms with van der Waals surface area (Å²) < 4.78 is 13.1. The van der Waals surface area contributed by atoms with Crippen molar-refractivity contribution in [1.82, 2.24) is 15.5 Å². The van der Waals surface area contributed by atoms with Crippen molar-refractivity contribution in [3.8, 4) is 0 Å². The Morgan fingerprint density at radius 2 is 1.81 bits per heavy atom. The molecular weight excluding hydrogens is 337 g/mol. The second kappa shape index (κ2) is 7.43. The van der Waals surface area contributed by atoms with Crippen LogP contribution in [0.4, 0.5) is 9.18 Å². The van der Waals surface area contributed by atoms with E-state index in [0.29, 0.717) is 5.56 Å². The summed E-state index contributed by atoms with van der Waals surface area (Å²) in [7, 11) is 0. The van der Waals surface area contributed by atoms with Gasteiger partial charge in [-0.1, -0.05) is 37.8 Å². The van der Waals surface area contributed by atoms with E-state index in [9.17, 15) is 18.8 Å². The fraction of sp³-hybridized carbons (Fsp3) is 0.526. The van der Waals surface area contributed by atoms with E-state index in [-0.39, 0.29) is 18.5 Å². The molecule has 2 aliphatic rings. The van der Waals surface area contributed by atoms with E-state index in [0.717, 1.165) is 30.6 Å². The molecule has 0 radical (unpaired) electrons. The molecule has 1 saturated carbocycles. The molecule has 1 aliphatic carbocycles. The Kier molecular flexibility index (Phi) is 5.25. The molecular formula is C19H24FN3O3. The Morgan fingerprint density at radius 3 is 2.42 bits per heavy atom. The van der Waals surface area contributed by atoms with Gasteiger partial charge in [-0.2, -0.15) is 0 Å². The lowest BCUT2D eigenvalue weighted by Gasteiger charge is -2.22. The molecule has 1 aromatic rings. The summed E-state index contributed by atoms with van der Waals surface area (Å²) in [6, 6.07) is 4.89. The summed E-state index contributed by atoms with van der Waals surface area (Å²) in [6.45, 7) is 1.25. The van der Waals surface area contributed by atoms with Gasteiger partial charge < -0.3 is 10.6 Å². The molecule has 6 nitrogen and oxygen atoms in total. The average Bonchev–Trinajstić information content (AvgIpc) is 2.79. The topological polar surface area (TPSA) is 78.5 Å². The van der Waals surface area contributed by atoms with Crippen molar-refractivity contribution in [2.24, 2.45) is 0 Å². The maximum atomic E-state index is 13.1. The van der Waals surface area contributed by atoms with Crippen LogP contribution in [0, 0.1) is 5.82 Å². The van der Waals surface area contributed by atoms with Crippen molar-refractivity contribution in [2.75, 3.05) is 6.54 Å². The highest BCUT2D eigenvalue weighted by Crippen LogP contribution is 2.28. The van der Waals surface area contributed by atoms with Crippen LogP contribution in [0.5, 0.6) is 0 Å². The molecule has 0 bridgehead atoms. The van der Waals surface area contributed by atoms with Gasteiger partial charge in [-0.25, -0.2) is 9.18 Å². The summed E-state index contributed by atoms with van der Waals surface area (Å²) in [5, 5.41) is 5.56. The van der Waals surface area contributed by atoms with Gasteiger partial charge in [0.25, 0.3) is 5.91 Å². The Labute approximate surface area is 152 Å². The minimum Gasteiger partial charge on any atom is -0.352 e. The van der Waals surface area contributed by atoms with Gasteiger partial charge in [0, 0.05) is 6.04 Å². The number of carbonyl (C=O) groups is 3. The first kappa shape index (κ1) is 18.4. The second-order valence-electron chi connectivity index (χ2n) is 7.21. The lowest BCUT2D eigenvalue weighted by atomic mass is 9.92. The van der Waals surface area contributed by atoms with Crippen molar-refractivity contribution in [3.63, 3.8) is 0 Å². The molecule has 3 rings (SSSR count). The molecule has 2 N–H and O–H groups in total. The number of urea groups is 1. The molecule has 1 aliphatic heterocycles. The highest BCUT2D eigenvalue weighted by Gasteiger charge is 2.49. The van der Waals surface area contributed by atoms with Crippen LogP contribution in [0.1, 0.15) is 51.0 Å². The van der Waals surface area contributed by atoms with Crippen LogP contribution in [0.25, 0.3) is 0 Å². The van der Waals surface area contributed by atoms with Crippen LogP contribution in [0.2, 0.25) is 0 Å². The van der Waals surface area contributed by atoms with Crippen LogP contribution < -0.4 is 10.6 Å². The molecule has 2 fully saturated rings. The van der Waals surface area contributed by atoms with Crippen molar-refractivity contribution >= 4 is 17.8 Å². The summed E-state index contributed by atoms with van der Waals surface area (Å²) in [5.74, 6) is -1.26. The number of imide groups is 1. The average molecular weight is 361 g/mol. The maximum Gasteiger partial charge on any atom is 0.325 e. The number of rotatable bonds is 4. The van der Waals surface area contributed by atoms with Gasteiger partial charge in [-0.15, -0.1) is 0 Å². The fourth-order valence-corrected chi connectivity index (χ4v) is 3.66. The molecule has 4 amide bonds.